The minimum atomic E-state index is -0.433. The highest BCUT2D eigenvalue weighted by Crippen LogP contribution is 2.23. The molecule has 0 aliphatic heterocycles. The van der Waals surface area contributed by atoms with Crippen LogP contribution >= 0.6 is 0 Å². The number of aliphatic hydroxyl groups excluding tert-OH is 1. The Morgan fingerprint density at radius 1 is 1.11 bits per heavy atom. The third-order valence-corrected chi connectivity index (χ3v) is 2.79. The molecule has 3 nitrogen and oxygen atoms in total. The number of benzene rings is 2. The summed E-state index contributed by atoms with van der Waals surface area (Å²) in [7, 11) is 1.33. The smallest absolute Gasteiger partial charge is 0.338 e. The lowest BCUT2D eigenvalue weighted by Crippen LogP contribution is -2.06. The molecule has 1 N–H and O–H groups in total. The number of hydrogen-bond donors (Lipinski definition) is 1. The number of esters is 1. The van der Waals surface area contributed by atoms with E-state index in [-0.39, 0.29) is 6.61 Å². The van der Waals surface area contributed by atoms with E-state index in [0.717, 1.165) is 11.1 Å². The van der Waals surface area contributed by atoms with Crippen molar-refractivity contribution in [1.29, 1.82) is 0 Å². The fraction of sp³-hybridized carbons (Fsp3) is 0.133. The summed E-state index contributed by atoms with van der Waals surface area (Å²) in [5.41, 5.74) is 2.92. The molecule has 0 saturated heterocycles. The predicted octanol–water partition coefficient (Wildman–Crippen LogP) is 2.63. The Morgan fingerprint density at radius 2 is 1.83 bits per heavy atom. The maximum Gasteiger partial charge on any atom is 0.338 e. The van der Waals surface area contributed by atoms with Crippen LogP contribution in [0.25, 0.3) is 11.1 Å². The normalized spacial score (nSPS) is 10.1. The van der Waals surface area contributed by atoms with Gasteiger partial charge in [-0.15, -0.1) is 0 Å². The van der Waals surface area contributed by atoms with E-state index in [1.54, 1.807) is 12.1 Å². The zero-order chi connectivity index (χ0) is 13.0. The van der Waals surface area contributed by atoms with E-state index in [2.05, 4.69) is 0 Å². The molecule has 0 aliphatic carbocycles. The minimum Gasteiger partial charge on any atom is -0.465 e. The van der Waals surface area contributed by atoms with Crippen molar-refractivity contribution in [3.8, 4) is 11.1 Å². The highest BCUT2D eigenvalue weighted by atomic mass is 16.5. The van der Waals surface area contributed by atoms with Gasteiger partial charge in [0, 0.05) is 0 Å². The van der Waals surface area contributed by atoms with Crippen molar-refractivity contribution in [3.63, 3.8) is 0 Å². The van der Waals surface area contributed by atoms with E-state index in [1.807, 2.05) is 36.4 Å². The molecule has 2 aromatic carbocycles. The molecule has 18 heavy (non-hydrogen) atoms. The second-order valence-electron chi connectivity index (χ2n) is 3.89. The van der Waals surface area contributed by atoms with Gasteiger partial charge in [0.1, 0.15) is 0 Å². The van der Waals surface area contributed by atoms with Crippen LogP contribution in [0.2, 0.25) is 0 Å². The summed E-state index contributed by atoms with van der Waals surface area (Å²) in [5, 5.41) is 9.22. The first-order valence-corrected chi connectivity index (χ1v) is 5.63. The third-order valence-electron chi connectivity index (χ3n) is 2.79. The number of carbonyl (C=O) groups is 1. The van der Waals surface area contributed by atoms with Gasteiger partial charge in [0.2, 0.25) is 0 Å². The first kappa shape index (κ1) is 12.3. The van der Waals surface area contributed by atoms with Crippen molar-refractivity contribution in [2.24, 2.45) is 0 Å². The summed E-state index contributed by atoms with van der Waals surface area (Å²) in [6, 6.07) is 15.1. The van der Waals surface area contributed by atoms with Crippen molar-refractivity contribution in [2.45, 2.75) is 6.61 Å². The van der Waals surface area contributed by atoms with Crippen LogP contribution < -0.4 is 0 Å². The molecule has 0 heterocycles. The molecule has 0 spiro atoms. The highest BCUT2D eigenvalue weighted by Gasteiger charge is 2.12. The minimum absolute atomic E-state index is 0.181. The summed E-state index contributed by atoms with van der Waals surface area (Å²) >= 11 is 0. The average molecular weight is 242 g/mol. The standard InChI is InChI=1S/C15H14O3/c1-18-15(17)14-9-12(7-8-13(14)10-16)11-5-3-2-4-6-11/h2-9,16H,10H2,1H3. The van der Waals surface area contributed by atoms with Crippen LogP contribution in [0.3, 0.4) is 0 Å². The first-order chi connectivity index (χ1) is 8.76. The van der Waals surface area contributed by atoms with Crippen LogP contribution in [0.1, 0.15) is 15.9 Å². The highest BCUT2D eigenvalue weighted by molar-refractivity contribution is 5.92. The molecule has 0 aliphatic rings. The summed E-state index contributed by atoms with van der Waals surface area (Å²) in [6.07, 6.45) is 0. The van der Waals surface area contributed by atoms with E-state index >= 15 is 0 Å². The molecule has 0 atom stereocenters. The Kier molecular flexibility index (Phi) is 3.75. The molecule has 0 bridgehead atoms. The Bertz CT molecular complexity index is 547. The van der Waals surface area contributed by atoms with E-state index in [1.165, 1.54) is 7.11 Å². The quantitative estimate of drug-likeness (QED) is 0.841. The zero-order valence-corrected chi connectivity index (χ0v) is 10.1. The third kappa shape index (κ3) is 2.41. The number of methoxy groups -OCH3 is 1. The lowest BCUT2D eigenvalue weighted by Gasteiger charge is -2.08. The van der Waals surface area contributed by atoms with Crippen molar-refractivity contribution >= 4 is 5.97 Å². The van der Waals surface area contributed by atoms with Gasteiger partial charge in [-0.2, -0.15) is 0 Å². The number of rotatable bonds is 3. The summed E-state index contributed by atoms with van der Waals surface area (Å²) in [6.45, 7) is -0.181. The van der Waals surface area contributed by atoms with Gasteiger partial charge < -0.3 is 9.84 Å². The molecule has 2 rings (SSSR count). The number of ether oxygens (including phenoxy) is 1. The van der Waals surface area contributed by atoms with Crippen molar-refractivity contribution in [1.82, 2.24) is 0 Å². The second-order valence-corrected chi connectivity index (χ2v) is 3.89. The maximum absolute atomic E-state index is 11.6. The molecule has 92 valence electrons. The first-order valence-electron chi connectivity index (χ1n) is 5.63. The Hall–Kier alpha value is -2.13. The van der Waals surface area contributed by atoms with Gasteiger partial charge in [0.15, 0.2) is 0 Å². The lowest BCUT2D eigenvalue weighted by molar-refractivity contribution is 0.0597. The van der Waals surface area contributed by atoms with Gasteiger partial charge >= 0.3 is 5.97 Å². The number of aliphatic hydroxyl groups is 1. The van der Waals surface area contributed by atoms with E-state index in [0.29, 0.717) is 11.1 Å². The molecule has 3 heteroatoms. The van der Waals surface area contributed by atoms with Crippen molar-refractivity contribution < 1.29 is 14.6 Å². The second kappa shape index (κ2) is 5.47. The molecule has 0 saturated carbocycles. The molecule has 0 aromatic heterocycles. The Balaban J connectivity index is 2.49. The van der Waals surface area contributed by atoms with Crippen LogP contribution in [-0.2, 0) is 11.3 Å². The van der Waals surface area contributed by atoms with Gasteiger partial charge in [-0.1, -0.05) is 42.5 Å². The van der Waals surface area contributed by atoms with Crippen LogP contribution in [0.5, 0.6) is 0 Å². The van der Waals surface area contributed by atoms with Crippen molar-refractivity contribution in [3.05, 3.63) is 59.7 Å². The molecule has 0 amide bonds. The Labute approximate surface area is 106 Å². The largest absolute Gasteiger partial charge is 0.465 e. The Morgan fingerprint density at radius 3 is 2.44 bits per heavy atom. The zero-order valence-electron chi connectivity index (χ0n) is 10.1. The monoisotopic (exact) mass is 242 g/mol. The van der Waals surface area contributed by atoms with Gasteiger partial charge in [0.05, 0.1) is 19.3 Å². The summed E-state index contributed by atoms with van der Waals surface area (Å²) in [5.74, 6) is -0.433. The van der Waals surface area contributed by atoms with E-state index in [4.69, 9.17) is 4.74 Å². The molecular weight excluding hydrogens is 228 g/mol. The van der Waals surface area contributed by atoms with Crippen LogP contribution in [0.4, 0.5) is 0 Å². The van der Waals surface area contributed by atoms with Gasteiger partial charge in [-0.25, -0.2) is 4.79 Å². The summed E-state index contributed by atoms with van der Waals surface area (Å²) in [4.78, 5) is 11.6. The van der Waals surface area contributed by atoms with Crippen LogP contribution in [0.15, 0.2) is 48.5 Å². The predicted molar refractivity (Wildman–Crippen MR) is 69.1 cm³/mol. The number of hydrogen-bond acceptors (Lipinski definition) is 3. The van der Waals surface area contributed by atoms with Crippen LogP contribution in [-0.4, -0.2) is 18.2 Å². The van der Waals surface area contributed by atoms with Crippen molar-refractivity contribution in [2.75, 3.05) is 7.11 Å². The summed E-state index contributed by atoms with van der Waals surface area (Å²) < 4.78 is 4.72. The van der Waals surface area contributed by atoms with Gasteiger partial charge in [-0.05, 0) is 22.8 Å². The van der Waals surface area contributed by atoms with Gasteiger partial charge in [0.25, 0.3) is 0 Å². The maximum atomic E-state index is 11.6. The number of carbonyl (C=O) groups excluding carboxylic acids is 1. The fourth-order valence-corrected chi connectivity index (χ4v) is 1.82. The van der Waals surface area contributed by atoms with E-state index < -0.39 is 5.97 Å². The average Bonchev–Trinajstić information content (AvgIpc) is 2.46. The molecule has 0 unspecified atom stereocenters. The van der Waals surface area contributed by atoms with Gasteiger partial charge in [-0.3, -0.25) is 0 Å². The molecule has 0 radical (unpaired) electrons. The van der Waals surface area contributed by atoms with Crippen LogP contribution in [0, 0.1) is 0 Å². The van der Waals surface area contributed by atoms with E-state index in [9.17, 15) is 9.90 Å². The molecule has 0 fully saturated rings. The fourth-order valence-electron chi connectivity index (χ4n) is 1.82. The molecular formula is C15H14O3. The lowest BCUT2D eigenvalue weighted by atomic mass is 9.99. The topological polar surface area (TPSA) is 46.5 Å². The SMILES string of the molecule is COC(=O)c1cc(-c2ccccc2)ccc1CO. The molecule has 2 aromatic rings.